The number of nitrogens with one attached hydrogen (secondary N) is 1. The molecule has 0 saturated heterocycles. The molecular formula is C13H20N2O2. The lowest BCUT2D eigenvalue weighted by atomic mass is 10.1. The highest BCUT2D eigenvalue weighted by Crippen LogP contribution is 2.05. The number of amides is 1. The Bertz CT molecular complexity index is 364. The van der Waals surface area contributed by atoms with Gasteiger partial charge in [0.1, 0.15) is 0 Å². The number of carbonyl (C=O) groups is 1. The predicted octanol–water partition coefficient (Wildman–Crippen LogP) is 1.30. The van der Waals surface area contributed by atoms with E-state index in [0.29, 0.717) is 24.8 Å². The summed E-state index contributed by atoms with van der Waals surface area (Å²) in [7, 11) is 0. The molecule has 0 atom stereocenters. The third-order valence-corrected chi connectivity index (χ3v) is 2.28. The number of primary amides is 1. The second-order valence-electron chi connectivity index (χ2n) is 4.23. The van der Waals surface area contributed by atoms with Gasteiger partial charge in [0, 0.05) is 18.2 Å². The number of benzene rings is 1. The van der Waals surface area contributed by atoms with Crippen molar-refractivity contribution in [2.24, 2.45) is 5.73 Å². The van der Waals surface area contributed by atoms with Crippen molar-refractivity contribution in [2.45, 2.75) is 26.5 Å². The van der Waals surface area contributed by atoms with Crippen molar-refractivity contribution in [1.29, 1.82) is 0 Å². The van der Waals surface area contributed by atoms with Gasteiger partial charge in [0.15, 0.2) is 0 Å². The van der Waals surface area contributed by atoms with Gasteiger partial charge in [-0.1, -0.05) is 26.0 Å². The minimum absolute atomic E-state index is 0.409. The summed E-state index contributed by atoms with van der Waals surface area (Å²) in [6.07, 6.45) is 0. The summed E-state index contributed by atoms with van der Waals surface area (Å²) in [4.78, 5) is 11.0. The first-order valence-corrected chi connectivity index (χ1v) is 5.79. The number of hydrogen-bond donors (Lipinski definition) is 2. The maximum Gasteiger partial charge on any atom is 0.248 e. The zero-order valence-corrected chi connectivity index (χ0v) is 10.4. The Kier molecular flexibility index (Phi) is 5.66. The van der Waals surface area contributed by atoms with Crippen molar-refractivity contribution < 1.29 is 9.53 Å². The van der Waals surface area contributed by atoms with Crippen molar-refractivity contribution in [3.8, 4) is 0 Å². The highest BCUT2D eigenvalue weighted by Gasteiger charge is 2.01. The predicted molar refractivity (Wildman–Crippen MR) is 67.8 cm³/mol. The molecule has 0 radical (unpaired) electrons. The van der Waals surface area contributed by atoms with Gasteiger partial charge in [0.25, 0.3) is 0 Å². The maximum absolute atomic E-state index is 11.0. The van der Waals surface area contributed by atoms with E-state index in [1.54, 1.807) is 12.1 Å². The second-order valence-corrected chi connectivity index (χ2v) is 4.23. The summed E-state index contributed by atoms with van der Waals surface area (Å²) in [6.45, 7) is 6.17. The molecule has 0 aromatic heterocycles. The Balaban J connectivity index is 2.31. The third kappa shape index (κ3) is 5.47. The first kappa shape index (κ1) is 13.7. The summed E-state index contributed by atoms with van der Waals surface area (Å²) in [5, 5.41) is 3.26. The highest BCUT2D eigenvalue weighted by molar-refractivity contribution is 5.92. The van der Waals surface area contributed by atoms with Crippen molar-refractivity contribution in [2.75, 3.05) is 13.2 Å². The molecule has 0 fully saturated rings. The van der Waals surface area contributed by atoms with Gasteiger partial charge in [-0.2, -0.15) is 0 Å². The SMILES string of the molecule is CC(C)NCCOCc1cccc(C(N)=O)c1. The standard InChI is InChI=1S/C13H20N2O2/c1-10(2)15-6-7-17-9-11-4-3-5-12(8-11)13(14)16/h3-5,8,10,15H,6-7,9H2,1-2H3,(H2,14,16). The zero-order valence-electron chi connectivity index (χ0n) is 10.4. The fourth-order valence-corrected chi connectivity index (χ4v) is 1.42. The Morgan fingerprint density at radius 1 is 1.47 bits per heavy atom. The molecule has 0 aliphatic rings. The monoisotopic (exact) mass is 236 g/mol. The summed E-state index contributed by atoms with van der Waals surface area (Å²) < 4.78 is 5.49. The molecule has 1 aromatic carbocycles. The van der Waals surface area contributed by atoms with E-state index in [0.717, 1.165) is 12.1 Å². The van der Waals surface area contributed by atoms with E-state index in [-0.39, 0.29) is 0 Å². The third-order valence-electron chi connectivity index (χ3n) is 2.28. The van der Waals surface area contributed by atoms with Crippen LogP contribution in [0.3, 0.4) is 0 Å². The van der Waals surface area contributed by atoms with Crippen LogP contribution in [0.1, 0.15) is 29.8 Å². The average molecular weight is 236 g/mol. The smallest absolute Gasteiger partial charge is 0.248 e. The molecule has 1 aromatic rings. The number of hydrogen-bond acceptors (Lipinski definition) is 3. The number of rotatable bonds is 7. The van der Waals surface area contributed by atoms with E-state index in [4.69, 9.17) is 10.5 Å². The zero-order chi connectivity index (χ0) is 12.7. The molecule has 3 N–H and O–H groups in total. The molecule has 94 valence electrons. The molecule has 0 aliphatic heterocycles. The second kappa shape index (κ2) is 7.04. The molecule has 0 aliphatic carbocycles. The van der Waals surface area contributed by atoms with Crippen LogP contribution in [0.5, 0.6) is 0 Å². The van der Waals surface area contributed by atoms with Crippen LogP contribution in [-0.2, 0) is 11.3 Å². The maximum atomic E-state index is 11.0. The van der Waals surface area contributed by atoms with E-state index >= 15 is 0 Å². The van der Waals surface area contributed by atoms with Crippen LogP contribution < -0.4 is 11.1 Å². The number of nitrogens with two attached hydrogens (primary N) is 1. The first-order chi connectivity index (χ1) is 8.09. The summed E-state index contributed by atoms with van der Waals surface area (Å²) >= 11 is 0. The van der Waals surface area contributed by atoms with Gasteiger partial charge in [0.05, 0.1) is 13.2 Å². The van der Waals surface area contributed by atoms with Gasteiger partial charge >= 0.3 is 0 Å². The lowest BCUT2D eigenvalue weighted by molar-refractivity contribution is 0.0999. The lowest BCUT2D eigenvalue weighted by Crippen LogP contribution is -2.26. The highest BCUT2D eigenvalue weighted by atomic mass is 16.5. The van der Waals surface area contributed by atoms with Crippen molar-refractivity contribution in [3.05, 3.63) is 35.4 Å². The normalized spacial score (nSPS) is 10.8. The van der Waals surface area contributed by atoms with Gasteiger partial charge in [0.2, 0.25) is 5.91 Å². The fraction of sp³-hybridized carbons (Fsp3) is 0.462. The molecule has 1 rings (SSSR count). The Labute approximate surface area is 102 Å². The average Bonchev–Trinajstić information content (AvgIpc) is 2.28. The van der Waals surface area contributed by atoms with Gasteiger partial charge < -0.3 is 15.8 Å². The lowest BCUT2D eigenvalue weighted by Gasteiger charge is -2.09. The van der Waals surface area contributed by atoms with E-state index in [1.165, 1.54) is 0 Å². The Morgan fingerprint density at radius 3 is 2.88 bits per heavy atom. The molecule has 17 heavy (non-hydrogen) atoms. The Hall–Kier alpha value is -1.39. The van der Waals surface area contributed by atoms with Gasteiger partial charge in [-0.05, 0) is 17.7 Å². The van der Waals surface area contributed by atoms with Crippen LogP contribution in [0.4, 0.5) is 0 Å². The molecule has 0 saturated carbocycles. The quantitative estimate of drug-likeness (QED) is 0.701. The van der Waals surface area contributed by atoms with Crippen molar-refractivity contribution >= 4 is 5.91 Å². The van der Waals surface area contributed by atoms with Gasteiger partial charge in [-0.15, -0.1) is 0 Å². The molecule has 1 amide bonds. The molecule has 0 spiro atoms. The fourth-order valence-electron chi connectivity index (χ4n) is 1.42. The first-order valence-electron chi connectivity index (χ1n) is 5.79. The van der Waals surface area contributed by atoms with Crippen molar-refractivity contribution in [3.63, 3.8) is 0 Å². The van der Waals surface area contributed by atoms with Crippen LogP contribution in [0.15, 0.2) is 24.3 Å². The summed E-state index contributed by atoms with van der Waals surface area (Å²) in [6, 6.07) is 7.66. The molecule has 4 heteroatoms. The Morgan fingerprint density at radius 2 is 2.24 bits per heavy atom. The summed E-state index contributed by atoms with van der Waals surface area (Å²) in [5.41, 5.74) is 6.69. The largest absolute Gasteiger partial charge is 0.375 e. The van der Waals surface area contributed by atoms with Crippen LogP contribution in [0.2, 0.25) is 0 Å². The van der Waals surface area contributed by atoms with Gasteiger partial charge in [-0.25, -0.2) is 0 Å². The van der Waals surface area contributed by atoms with Gasteiger partial charge in [-0.3, -0.25) is 4.79 Å². The van der Waals surface area contributed by atoms with Crippen LogP contribution >= 0.6 is 0 Å². The minimum atomic E-state index is -0.409. The van der Waals surface area contributed by atoms with Crippen LogP contribution in [-0.4, -0.2) is 25.1 Å². The number of carbonyl (C=O) groups excluding carboxylic acids is 1. The minimum Gasteiger partial charge on any atom is -0.375 e. The van der Waals surface area contributed by atoms with Crippen molar-refractivity contribution in [1.82, 2.24) is 5.32 Å². The number of ether oxygens (including phenoxy) is 1. The van der Waals surface area contributed by atoms with E-state index in [9.17, 15) is 4.79 Å². The molecule has 0 heterocycles. The molecular weight excluding hydrogens is 216 g/mol. The topological polar surface area (TPSA) is 64.3 Å². The summed E-state index contributed by atoms with van der Waals surface area (Å²) in [5.74, 6) is -0.409. The molecule has 4 nitrogen and oxygen atoms in total. The van der Waals surface area contributed by atoms with E-state index in [2.05, 4.69) is 19.2 Å². The molecule has 0 unspecified atom stereocenters. The molecule has 0 bridgehead atoms. The van der Waals surface area contributed by atoms with Crippen LogP contribution in [0, 0.1) is 0 Å². The van der Waals surface area contributed by atoms with E-state index < -0.39 is 5.91 Å². The van der Waals surface area contributed by atoms with E-state index in [1.807, 2.05) is 12.1 Å². The van der Waals surface area contributed by atoms with Crippen LogP contribution in [0.25, 0.3) is 0 Å².